The molecule has 1 saturated heterocycles. The molecule has 0 saturated carbocycles. The van der Waals surface area contributed by atoms with E-state index < -0.39 is 6.10 Å². The zero-order valence-corrected chi connectivity index (χ0v) is 15.2. The van der Waals surface area contributed by atoms with Crippen molar-refractivity contribution in [2.45, 2.75) is 58.3 Å². The van der Waals surface area contributed by atoms with E-state index in [9.17, 15) is 9.59 Å². The molecular weight excluding hydrogens is 320 g/mol. The van der Waals surface area contributed by atoms with E-state index in [0.29, 0.717) is 17.9 Å². The first kappa shape index (κ1) is 19.4. The third kappa shape index (κ3) is 5.83. The molecule has 0 aromatic heterocycles. The zero-order chi connectivity index (χ0) is 18.2. The first-order chi connectivity index (χ1) is 12.0. The first-order valence-electron chi connectivity index (χ1n) is 8.95. The molecule has 0 aliphatic carbocycles. The lowest BCUT2D eigenvalue weighted by Crippen LogP contribution is -2.34. The Kier molecular flexibility index (Phi) is 7.40. The lowest BCUT2D eigenvalue weighted by molar-refractivity contribution is -0.128. The summed E-state index contributed by atoms with van der Waals surface area (Å²) in [5.74, 6) is -0.472. The predicted octanol–water partition coefficient (Wildman–Crippen LogP) is 2.74. The maximum atomic E-state index is 12.4. The van der Waals surface area contributed by atoms with Crippen molar-refractivity contribution in [3.05, 3.63) is 29.8 Å². The van der Waals surface area contributed by atoms with Gasteiger partial charge in [-0.3, -0.25) is 9.59 Å². The van der Waals surface area contributed by atoms with Gasteiger partial charge in [0.25, 0.3) is 11.8 Å². The van der Waals surface area contributed by atoms with Crippen LogP contribution in [0.15, 0.2) is 24.3 Å². The summed E-state index contributed by atoms with van der Waals surface area (Å²) in [7, 11) is 0. The molecule has 0 spiro atoms. The quantitative estimate of drug-likeness (QED) is 0.757. The molecule has 1 fully saturated rings. The Morgan fingerprint density at radius 1 is 1.32 bits per heavy atom. The molecule has 0 radical (unpaired) electrons. The van der Waals surface area contributed by atoms with Gasteiger partial charge in [-0.05, 0) is 45.2 Å². The van der Waals surface area contributed by atoms with Crippen LogP contribution in [0.4, 0.5) is 5.69 Å². The van der Waals surface area contributed by atoms with Crippen molar-refractivity contribution in [2.24, 2.45) is 0 Å². The number of carbonyl (C=O) groups is 2. The Morgan fingerprint density at radius 2 is 2.08 bits per heavy atom. The number of amides is 2. The number of anilines is 1. The Hall–Kier alpha value is -1.92. The van der Waals surface area contributed by atoms with Crippen molar-refractivity contribution in [3.63, 3.8) is 0 Å². The van der Waals surface area contributed by atoms with Gasteiger partial charge in [-0.2, -0.15) is 0 Å². The second kappa shape index (κ2) is 9.53. The summed E-state index contributed by atoms with van der Waals surface area (Å²) >= 11 is 0. The van der Waals surface area contributed by atoms with Crippen LogP contribution in [-0.4, -0.2) is 43.3 Å². The van der Waals surface area contributed by atoms with Crippen molar-refractivity contribution >= 4 is 17.5 Å². The molecule has 3 atom stereocenters. The molecule has 1 heterocycles. The van der Waals surface area contributed by atoms with E-state index in [2.05, 4.69) is 10.6 Å². The topological polar surface area (TPSA) is 76.7 Å². The van der Waals surface area contributed by atoms with Gasteiger partial charge in [-0.25, -0.2) is 0 Å². The molecule has 0 bridgehead atoms. The van der Waals surface area contributed by atoms with Crippen molar-refractivity contribution in [1.82, 2.24) is 5.32 Å². The summed E-state index contributed by atoms with van der Waals surface area (Å²) in [5.41, 5.74) is 0.934. The number of para-hydroxylation sites is 1. The smallest absolute Gasteiger partial charge is 0.253 e. The van der Waals surface area contributed by atoms with Crippen molar-refractivity contribution in [2.75, 3.05) is 18.5 Å². The second-order valence-electron chi connectivity index (χ2n) is 6.43. The highest BCUT2D eigenvalue weighted by atomic mass is 16.5. The average Bonchev–Trinajstić information content (AvgIpc) is 3.13. The fourth-order valence-corrected chi connectivity index (χ4v) is 2.53. The van der Waals surface area contributed by atoms with Crippen molar-refractivity contribution in [3.8, 4) is 0 Å². The third-order valence-corrected chi connectivity index (χ3v) is 4.34. The summed E-state index contributed by atoms with van der Waals surface area (Å²) in [5, 5.41) is 5.71. The molecule has 1 aliphatic heterocycles. The normalized spacial score (nSPS) is 19.2. The zero-order valence-electron chi connectivity index (χ0n) is 15.2. The Morgan fingerprint density at radius 3 is 2.76 bits per heavy atom. The molecule has 1 aromatic carbocycles. The molecule has 1 aliphatic rings. The van der Waals surface area contributed by atoms with Crippen molar-refractivity contribution < 1.29 is 19.1 Å². The summed E-state index contributed by atoms with van der Waals surface area (Å²) in [4.78, 5) is 24.7. The maximum absolute atomic E-state index is 12.4. The van der Waals surface area contributed by atoms with Gasteiger partial charge in [0.05, 0.1) is 24.0 Å². The summed E-state index contributed by atoms with van der Waals surface area (Å²) in [6.07, 6.45) is 2.30. The number of hydrogen-bond donors (Lipinski definition) is 2. The van der Waals surface area contributed by atoms with Gasteiger partial charge in [0.15, 0.2) is 0 Å². The van der Waals surface area contributed by atoms with Gasteiger partial charge < -0.3 is 20.1 Å². The van der Waals surface area contributed by atoms with Gasteiger partial charge in [0.2, 0.25) is 0 Å². The predicted molar refractivity (Wildman–Crippen MR) is 96.7 cm³/mol. The average molecular weight is 348 g/mol. The van der Waals surface area contributed by atoms with Crippen LogP contribution in [0.25, 0.3) is 0 Å². The minimum atomic E-state index is -0.616. The van der Waals surface area contributed by atoms with Gasteiger partial charge in [0, 0.05) is 12.6 Å². The molecule has 2 rings (SSSR count). The molecule has 0 unspecified atom stereocenters. The Balaban J connectivity index is 1.94. The van der Waals surface area contributed by atoms with Crippen LogP contribution in [0.1, 0.15) is 50.4 Å². The largest absolute Gasteiger partial charge is 0.376 e. The van der Waals surface area contributed by atoms with E-state index in [1.165, 1.54) is 0 Å². The Labute approximate surface area is 149 Å². The fraction of sp³-hybridized carbons (Fsp3) is 0.579. The minimum Gasteiger partial charge on any atom is -0.376 e. The van der Waals surface area contributed by atoms with E-state index in [-0.39, 0.29) is 24.0 Å². The van der Waals surface area contributed by atoms with Crippen LogP contribution in [0, 0.1) is 0 Å². The van der Waals surface area contributed by atoms with Crippen LogP contribution in [-0.2, 0) is 14.3 Å². The van der Waals surface area contributed by atoms with Crippen LogP contribution >= 0.6 is 0 Å². The highest BCUT2D eigenvalue weighted by molar-refractivity contribution is 6.04. The number of carbonyl (C=O) groups excluding carboxylic acids is 2. The van der Waals surface area contributed by atoms with E-state index in [1.807, 2.05) is 13.8 Å². The van der Waals surface area contributed by atoms with Crippen LogP contribution < -0.4 is 10.6 Å². The van der Waals surface area contributed by atoms with Crippen molar-refractivity contribution in [1.29, 1.82) is 0 Å². The number of ether oxygens (including phenoxy) is 2. The van der Waals surface area contributed by atoms with Gasteiger partial charge in [-0.1, -0.05) is 19.1 Å². The molecule has 138 valence electrons. The van der Waals surface area contributed by atoms with Crippen LogP contribution in [0.5, 0.6) is 0 Å². The first-order valence-corrected chi connectivity index (χ1v) is 8.95. The highest BCUT2D eigenvalue weighted by Gasteiger charge is 2.21. The van der Waals surface area contributed by atoms with Crippen LogP contribution in [0.2, 0.25) is 0 Å². The van der Waals surface area contributed by atoms with Gasteiger partial charge in [-0.15, -0.1) is 0 Å². The molecule has 6 heteroatoms. The molecule has 2 N–H and O–H groups in total. The second-order valence-corrected chi connectivity index (χ2v) is 6.43. The number of rotatable bonds is 8. The lowest BCUT2D eigenvalue weighted by atomic mass is 10.1. The van der Waals surface area contributed by atoms with E-state index in [0.717, 1.165) is 25.9 Å². The fourth-order valence-electron chi connectivity index (χ4n) is 2.53. The summed E-state index contributed by atoms with van der Waals surface area (Å²) in [6.45, 7) is 6.82. The number of hydrogen-bond acceptors (Lipinski definition) is 4. The third-order valence-electron chi connectivity index (χ3n) is 4.34. The standard InChI is InChI=1S/C19H28N2O4/c1-4-13(2)20-19(23)16-9-5-6-10-17(16)21-18(22)14(3)25-12-15-8-7-11-24-15/h5-6,9-10,13-15H,4,7-8,11-12H2,1-3H3,(H,20,23)(H,21,22)/t13-,14-,15+/m0/s1. The molecular formula is C19H28N2O4. The van der Waals surface area contributed by atoms with E-state index >= 15 is 0 Å². The minimum absolute atomic E-state index is 0.0730. The maximum Gasteiger partial charge on any atom is 0.253 e. The number of benzene rings is 1. The molecule has 6 nitrogen and oxygen atoms in total. The summed E-state index contributed by atoms with van der Waals surface area (Å²) in [6, 6.07) is 7.05. The molecule has 2 amide bonds. The van der Waals surface area contributed by atoms with Crippen LogP contribution in [0.3, 0.4) is 0 Å². The van der Waals surface area contributed by atoms with E-state index in [4.69, 9.17) is 9.47 Å². The highest BCUT2D eigenvalue weighted by Crippen LogP contribution is 2.17. The molecule has 1 aromatic rings. The summed E-state index contributed by atoms with van der Waals surface area (Å²) < 4.78 is 11.1. The van der Waals surface area contributed by atoms with Gasteiger partial charge in [0.1, 0.15) is 6.10 Å². The number of nitrogens with one attached hydrogen (secondary N) is 2. The monoisotopic (exact) mass is 348 g/mol. The van der Waals surface area contributed by atoms with Gasteiger partial charge >= 0.3 is 0 Å². The molecule has 25 heavy (non-hydrogen) atoms. The Bertz CT molecular complexity index is 585. The SMILES string of the molecule is CC[C@H](C)NC(=O)c1ccccc1NC(=O)[C@H](C)OC[C@H]1CCCO1. The van der Waals surface area contributed by atoms with E-state index in [1.54, 1.807) is 31.2 Å². The lowest BCUT2D eigenvalue weighted by Gasteiger charge is -2.18.